The molecule has 2 rings (SSSR count). The second kappa shape index (κ2) is 5.27. The first-order valence-electron chi connectivity index (χ1n) is 5.73. The SMILES string of the molecule is CCn1cnc(C(O)Cc2ccc(F)c(F)c2)c1. The summed E-state index contributed by atoms with van der Waals surface area (Å²) in [5.41, 5.74) is 1.06. The summed E-state index contributed by atoms with van der Waals surface area (Å²) in [6, 6.07) is 3.61. The molecule has 0 aliphatic heterocycles. The summed E-state index contributed by atoms with van der Waals surface area (Å²) in [7, 11) is 0. The summed E-state index contributed by atoms with van der Waals surface area (Å²) in [5, 5.41) is 9.95. The minimum atomic E-state index is -0.904. The molecule has 0 saturated carbocycles. The van der Waals surface area contributed by atoms with Gasteiger partial charge in [-0.15, -0.1) is 0 Å². The predicted octanol–water partition coefficient (Wildman–Crippen LogP) is 2.46. The van der Waals surface area contributed by atoms with Gasteiger partial charge in [-0.3, -0.25) is 0 Å². The highest BCUT2D eigenvalue weighted by Crippen LogP contribution is 2.18. The Bertz CT molecular complexity index is 540. The topological polar surface area (TPSA) is 38.0 Å². The average Bonchev–Trinajstić information content (AvgIpc) is 2.82. The first-order chi connectivity index (χ1) is 8.60. The molecule has 0 aliphatic carbocycles. The fourth-order valence-corrected chi connectivity index (χ4v) is 1.72. The van der Waals surface area contributed by atoms with Crippen LogP contribution in [0.15, 0.2) is 30.7 Å². The van der Waals surface area contributed by atoms with Crippen LogP contribution in [-0.2, 0) is 13.0 Å². The smallest absolute Gasteiger partial charge is 0.159 e. The molecule has 3 nitrogen and oxygen atoms in total. The molecule has 2 aromatic rings. The summed E-state index contributed by atoms with van der Waals surface area (Å²) in [6.07, 6.45) is 2.76. The lowest BCUT2D eigenvalue weighted by Crippen LogP contribution is -2.03. The van der Waals surface area contributed by atoms with Crippen molar-refractivity contribution in [2.75, 3.05) is 0 Å². The van der Waals surface area contributed by atoms with E-state index >= 15 is 0 Å². The molecule has 1 unspecified atom stereocenters. The molecule has 18 heavy (non-hydrogen) atoms. The molecule has 0 saturated heterocycles. The highest BCUT2D eigenvalue weighted by Gasteiger charge is 2.13. The van der Waals surface area contributed by atoms with Crippen molar-refractivity contribution in [3.05, 3.63) is 53.6 Å². The Kier molecular flexibility index (Phi) is 3.72. The maximum absolute atomic E-state index is 13.0. The number of aromatic nitrogens is 2. The second-order valence-electron chi connectivity index (χ2n) is 4.10. The van der Waals surface area contributed by atoms with Crippen LogP contribution in [0.4, 0.5) is 8.78 Å². The van der Waals surface area contributed by atoms with Crippen LogP contribution in [-0.4, -0.2) is 14.7 Å². The third kappa shape index (κ3) is 2.73. The van der Waals surface area contributed by atoms with Crippen molar-refractivity contribution in [2.45, 2.75) is 26.0 Å². The van der Waals surface area contributed by atoms with Gasteiger partial charge < -0.3 is 9.67 Å². The minimum Gasteiger partial charge on any atom is -0.386 e. The second-order valence-corrected chi connectivity index (χ2v) is 4.10. The first kappa shape index (κ1) is 12.7. The Morgan fingerprint density at radius 1 is 1.33 bits per heavy atom. The maximum atomic E-state index is 13.0. The lowest BCUT2D eigenvalue weighted by atomic mass is 10.1. The molecule has 1 heterocycles. The van der Waals surface area contributed by atoms with Gasteiger partial charge in [0.1, 0.15) is 6.10 Å². The normalized spacial score (nSPS) is 12.7. The van der Waals surface area contributed by atoms with Gasteiger partial charge in [0, 0.05) is 19.2 Å². The van der Waals surface area contributed by atoms with Gasteiger partial charge >= 0.3 is 0 Å². The number of aliphatic hydroxyl groups excluding tert-OH is 1. The number of rotatable bonds is 4. The van der Waals surface area contributed by atoms with Crippen LogP contribution in [0.25, 0.3) is 0 Å². The number of aryl methyl sites for hydroxylation is 1. The molecule has 0 aliphatic rings. The lowest BCUT2D eigenvalue weighted by Gasteiger charge is -2.08. The predicted molar refractivity (Wildman–Crippen MR) is 62.9 cm³/mol. The molecule has 0 fully saturated rings. The van der Waals surface area contributed by atoms with Gasteiger partial charge in [0.2, 0.25) is 0 Å². The molecule has 0 amide bonds. The highest BCUT2D eigenvalue weighted by molar-refractivity contribution is 5.20. The number of hydrogen-bond acceptors (Lipinski definition) is 2. The number of aliphatic hydroxyl groups is 1. The largest absolute Gasteiger partial charge is 0.386 e. The molecule has 96 valence electrons. The Balaban J connectivity index is 2.10. The van der Waals surface area contributed by atoms with E-state index in [1.165, 1.54) is 6.07 Å². The van der Waals surface area contributed by atoms with Crippen molar-refractivity contribution in [1.29, 1.82) is 0 Å². The Morgan fingerprint density at radius 3 is 2.72 bits per heavy atom. The van der Waals surface area contributed by atoms with E-state index in [9.17, 15) is 13.9 Å². The van der Waals surface area contributed by atoms with Crippen molar-refractivity contribution in [1.82, 2.24) is 9.55 Å². The fourth-order valence-electron chi connectivity index (χ4n) is 1.72. The van der Waals surface area contributed by atoms with Gasteiger partial charge in [-0.25, -0.2) is 13.8 Å². The van der Waals surface area contributed by atoms with E-state index in [0.717, 1.165) is 18.7 Å². The van der Waals surface area contributed by atoms with E-state index in [-0.39, 0.29) is 6.42 Å². The number of imidazole rings is 1. The van der Waals surface area contributed by atoms with E-state index in [0.29, 0.717) is 11.3 Å². The van der Waals surface area contributed by atoms with E-state index in [4.69, 9.17) is 0 Å². The molecule has 0 radical (unpaired) electrons. The van der Waals surface area contributed by atoms with Crippen molar-refractivity contribution in [3.63, 3.8) is 0 Å². The van der Waals surface area contributed by atoms with E-state index in [1.807, 2.05) is 11.5 Å². The van der Waals surface area contributed by atoms with Crippen molar-refractivity contribution in [3.8, 4) is 0 Å². The number of halogens is 2. The Labute approximate surface area is 104 Å². The average molecular weight is 252 g/mol. The fraction of sp³-hybridized carbons (Fsp3) is 0.308. The van der Waals surface area contributed by atoms with Crippen LogP contribution in [0, 0.1) is 11.6 Å². The van der Waals surface area contributed by atoms with E-state index < -0.39 is 17.7 Å². The maximum Gasteiger partial charge on any atom is 0.159 e. The van der Waals surface area contributed by atoms with E-state index in [1.54, 1.807) is 12.5 Å². The van der Waals surface area contributed by atoms with Gasteiger partial charge in [0.15, 0.2) is 11.6 Å². The highest BCUT2D eigenvalue weighted by atomic mass is 19.2. The molecular weight excluding hydrogens is 238 g/mol. The molecule has 0 bridgehead atoms. The van der Waals surface area contributed by atoms with Crippen LogP contribution in [0.1, 0.15) is 24.3 Å². The number of nitrogens with zero attached hydrogens (tertiary/aromatic N) is 2. The monoisotopic (exact) mass is 252 g/mol. The zero-order chi connectivity index (χ0) is 13.1. The first-order valence-corrected chi connectivity index (χ1v) is 5.73. The summed E-state index contributed by atoms with van der Waals surface area (Å²) in [6.45, 7) is 2.73. The van der Waals surface area contributed by atoms with Crippen LogP contribution in [0.5, 0.6) is 0 Å². The quantitative estimate of drug-likeness (QED) is 0.907. The van der Waals surface area contributed by atoms with Gasteiger partial charge in [0.25, 0.3) is 0 Å². The zero-order valence-electron chi connectivity index (χ0n) is 9.98. The molecule has 1 aromatic heterocycles. The molecular formula is C13H14F2N2O. The summed E-state index contributed by atoms with van der Waals surface area (Å²) in [5.74, 6) is -1.79. The molecule has 1 N–H and O–H groups in total. The van der Waals surface area contributed by atoms with E-state index in [2.05, 4.69) is 4.98 Å². The molecule has 1 aromatic carbocycles. The Hall–Kier alpha value is -1.75. The van der Waals surface area contributed by atoms with Crippen LogP contribution < -0.4 is 0 Å². The van der Waals surface area contributed by atoms with Crippen LogP contribution in [0.2, 0.25) is 0 Å². The van der Waals surface area contributed by atoms with Crippen molar-refractivity contribution in [2.24, 2.45) is 0 Å². The van der Waals surface area contributed by atoms with Gasteiger partial charge in [-0.1, -0.05) is 6.07 Å². The summed E-state index contributed by atoms with van der Waals surface area (Å²) in [4.78, 5) is 4.07. The van der Waals surface area contributed by atoms with Gasteiger partial charge in [0.05, 0.1) is 12.0 Å². The van der Waals surface area contributed by atoms with Gasteiger partial charge in [-0.05, 0) is 24.6 Å². The van der Waals surface area contributed by atoms with Crippen LogP contribution in [0.3, 0.4) is 0 Å². The third-order valence-electron chi connectivity index (χ3n) is 2.77. The summed E-state index contributed by atoms with van der Waals surface area (Å²) < 4.78 is 27.6. The molecule has 5 heteroatoms. The minimum absolute atomic E-state index is 0.206. The molecule has 0 spiro atoms. The summed E-state index contributed by atoms with van der Waals surface area (Å²) >= 11 is 0. The van der Waals surface area contributed by atoms with Crippen LogP contribution >= 0.6 is 0 Å². The molecule has 1 atom stereocenters. The standard InChI is InChI=1S/C13H14F2N2O/c1-2-17-7-12(16-8-17)13(18)6-9-3-4-10(14)11(15)5-9/h3-5,7-8,13,18H,2,6H2,1H3. The Morgan fingerprint density at radius 2 is 2.11 bits per heavy atom. The third-order valence-corrected chi connectivity index (χ3v) is 2.77. The number of benzene rings is 1. The lowest BCUT2D eigenvalue weighted by molar-refractivity contribution is 0.174. The zero-order valence-corrected chi connectivity index (χ0v) is 9.98. The van der Waals surface area contributed by atoms with Gasteiger partial charge in [-0.2, -0.15) is 0 Å². The van der Waals surface area contributed by atoms with Crippen molar-refractivity contribution >= 4 is 0 Å². The van der Waals surface area contributed by atoms with Crippen molar-refractivity contribution < 1.29 is 13.9 Å². The number of hydrogen-bond donors (Lipinski definition) is 1.